The summed E-state index contributed by atoms with van der Waals surface area (Å²) in [7, 11) is 3.30. The zero-order valence-electron chi connectivity index (χ0n) is 24.0. The first-order valence-corrected chi connectivity index (χ1v) is 13.5. The zero-order valence-corrected chi connectivity index (χ0v) is 24.0. The van der Waals surface area contributed by atoms with Crippen molar-refractivity contribution in [2.75, 3.05) is 18.6 Å². The predicted octanol–water partition coefficient (Wildman–Crippen LogP) is 4.60. The second-order valence-corrected chi connectivity index (χ2v) is 10.6. The molecule has 4 aromatic rings. The third kappa shape index (κ3) is 6.14. The number of methoxy groups -OCH3 is 1. The van der Waals surface area contributed by atoms with Crippen LogP contribution in [0.2, 0.25) is 0 Å². The highest BCUT2D eigenvalue weighted by atomic mass is 16.5. The maximum atomic E-state index is 13.4. The van der Waals surface area contributed by atoms with Crippen LogP contribution < -0.4 is 19.9 Å². The van der Waals surface area contributed by atoms with Gasteiger partial charge in [-0.25, -0.2) is 4.68 Å². The topological polar surface area (TPSA) is 95.3 Å². The zero-order chi connectivity index (χ0) is 28.4. The molecule has 4 aromatic heterocycles. The molecule has 1 aliphatic rings. The molecule has 0 radical (unpaired) electrons. The van der Waals surface area contributed by atoms with Crippen molar-refractivity contribution >= 4 is 5.69 Å². The molecule has 0 aliphatic heterocycles. The van der Waals surface area contributed by atoms with Crippen LogP contribution in [0.15, 0.2) is 53.5 Å². The van der Waals surface area contributed by atoms with Gasteiger partial charge in [-0.3, -0.25) is 19.7 Å². The van der Waals surface area contributed by atoms with E-state index in [0.717, 1.165) is 51.8 Å². The minimum atomic E-state index is -0.186. The summed E-state index contributed by atoms with van der Waals surface area (Å²) in [5, 5.41) is 4.41. The number of hydrogen-bond acceptors (Lipinski definition) is 8. The molecule has 0 saturated heterocycles. The highest BCUT2D eigenvalue weighted by Gasteiger charge is 2.40. The molecule has 40 heavy (non-hydrogen) atoms. The lowest BCUT2D eigenvalue weighted by molar-refractivity contribution is 0.277. The highest BCUT2D eigenvalue weighted by molar-refractivity contribution is 5.49. The molecule has 0 unspecified atom stereocenters. The van der Waals surface area contributed by atoms with E-state index in [1.54, 1.807) is 26.4 Å². The lowest BCUT2D eigenvalue weighted by Crippen LogP contribution is -2.32. The van der Waals surface area contributed by atoms with Crippen LogP contribution in [0.4, 0.5) is 5.69 Å². The van der Waals surface area contributed by atoms with Crippen molar-refractivity contribution in [1.29, 1.82) is 0 Å². The van der Waals surface area contributed by atoms with Gasteiger partial charge in [-0.05, 0) is 69.5 Å². The Hall–Kier alpha value is -4.27. The van der Waals surface area contributed by atoms with Crippen molar-refractivity contribution in [3.63, 3.8) is 0 Å². The first kappa shape index (κ1) is 27.3. The standard InChI is InChI=1S/C31H36N6O3/c1-19-7-9-23(21(3)33-19)16-37(17-24-10-8-20(2)34-22(24)4)29-14-30(35-36(5)31(29)38)40-18-25-13-27(25)28-12-11-26(39-6)15-32-28/h7-12,14-15,25,27H,13,16-18H2,1-6H3/t25-,27+/m1/s1. The smallest absolute Gasteiger partial charge is 0.290 e. The molecular formula is C31H36N6O3. The highest BCUT2D eigenvalue weighted by Crippen LogP contribution is 2.46. The molecule has 9 nitrogen and oxygen atoms in total. The van der Waals surface area contributed by atoms with Gasteiger partial charge in [-0.2, -0.15) is 0 Å². The second-order valence-electron chi connectivity index (χ2n) is 10.6. The number of pyridine rings is 3. The monoisotopic (exact) mass is 540 g/mol. The quantitative estimate of drug-likeness (QED) is 0.288. The van der Waals surface area contributed by atoms with Gasteiger partial charge in [0.05, 0.1) is 19.9 Å². The molecule has 0 spiro atoms. The average molecular weight is 541 g/mol. The summed E-state index contributed by atoms with van der Waals surface area (Å²) in [6, 6.07) is 13.9. The lowest BCUT2D eigenvalue weighted by atomic mass is 10.1. The number of hydrogen-bond donors (Lipinski definition) is 0. The van der Waals surface area contributed by atoms with Gasteiger partial charge in [-0.1, -0.05) is 12.1 Å². The fourth-order valence-corrected chi connectivity index (χ4v) is 4.98. The molecule has 1 saturated carbocycles. The summed E-state index contributed by atoms with van der Waals surface area (Å²) < 4.78 is 12.7. The number of anilines is 1. The summed E-state index contributed by atoms with van der Waals surface area (Å²) in [6.45, 7) is 9.49. The Labute approximate surface area is 234 Å². The molecule has 2 atom stereocenters. The van der Waals surface area contributed by atoms with Crippen LogP contribution in [0, 0.1) is 33.6 Å². The van der Waals surface area contributed by atoms with Gasteiger partial charge in [0, 0.05) is 66.5 Å². The van der Waals surface area contributed by atoms with Crippen LogP contribution in [-0.4, -0.2) is 38.4 Å². The molecule has 0 N–H and O–H groups in total. The van der Waals surface area contributed by atoms with Gasteiger partial charge in [0.15, 0.2) is 0 Å². The lowest BCUT2D eigenvalue weighted by Gasteiger charge is -2.26. The normalized spacial score (nSPS) is 16.1. The molecule has 0 bridgehead atoms. The van der Waals surface area contributed by atoms with E-state index in [-0.39, 0.29) is 5.56 Å². The summed E-state index contributed by atoms with van der Waals surface area (Å²) in [4.78, 5) is 29.3. The van der Waals surface area contributed by atoms with Crippen LogP contribution in [0.3, 0.4) is 0 Å². The summed E-state index contributed by atoms with van der Waals surface area (Å²) in [6.07, 6.45) is 2.75. The molecule has 1 fully saturated rings. The summed E-state index contributed by atoms with van der Waals surface area (Å²) >= 11 is 0. The van der Waals surface area contributed by atoms with E-state index in [4.69, 9.17) is 9.47 Å². The van der Waals surface area contributed by atoms with E-state index < -0.39 is 0 Å². The van der Waals surface area contributed by atoms with Gasteiger partial charge < -0.3 is 14.4 Å². The molecule has 5 rings (SSSR count). The maximum Gasteiger partial charge on any atom is 0.290 e. The van der Waals surface area contributed by atoms with Gasteiger partial charge in [0.1, 0.15) is 11.4 Å². The third-order valence-electron chi connectivity index (χ3n) is 7.50. The molecule has 9 heteroatoms. The van der Waals surface area contributed by atoms with Crippen LogP contribution in [-0.2, 0) is 20.1 Å². The summed E-state index contributed by atoms with van der Waals surface area (Å²) in [5.74, 6) is 1.87. The van der Waals surface area contributed by atoms with E-state index in [2.05, 4.69) is 37.1 Å². The van der Waals surface area contributed by atoms with Crippen molar-refractivity contribution in [3.05, 3.63) is 98.6 Å². The summed E-state index contributed by atoms with van der Waals surface area (Å²) in [5.41, 5.74) is 7.30. The van der Waals surface area contributed by atoms with Gasteiger partial charge in [0.25, 0.3) is 5.56 Å². The Morgan fingerprint density at radius 3 is 2.15 bits per heavy atom. The minimum Gasteiger partial charge on any atom is -0.495 e. The van der Waals surface area contributed by atoms with E-state index in [1.165, 1.54) is 4.68 Å². The third-order valence-corrected chi connectivity index (χ3v) is 7.50. The number of aromatic nitrogens is 5. The minimum absolute atomic E-state index is 0.186. The Balaban J connectivity index is 1.39. The van der Waals surface area contributed by atoms with Gasteiger partial charge in [-0.15, -0.1) is 5.10 Å². The number of nitrogens with zero attached hydrogens (tertiary/aromatic N) is 6. The van der Waals surface area contributed by atoms with Crippen molar-refractivity contribution in [2.45, 2.75) is 53.1 Å². The van der Waals surface area contributed by atoms with Crippen LogP contribution >= 0.6 is 0 Å². The van der Waals surface area contributed by atoms with Crippen LogP contribution in [0.1, 0.15) is 51.9 Å². The van der Waals surface area contributed by atoms with Gasteiger partial charge >= 0.3 is 0 Å². The van der Waals surface area contributed by atoms with Gasteiger partial charge in [0.2, 0.25) is 5.88 Å². The van der Waals surface area contributed by atoms with Crippen molar-refractivity contribution in [1.82, 2.24) is 24.7 Å². The number of rotatable bonds is 10. The molecule has 0 amide bonds. The molecular weight excluding hydrogens is 504 g/mol. The van der Waals surface area contributed by atoms with E-state index in [9.17, 15) is 4.79 Å². The Bertz CT molecular complexity index is 1510. The van der Waals surface area contributed by atoms with Crippen molar-refractivity contribution in [3.8, 4) is 11.6 Å². The van der Waals surface area contributed by atoms with Crippen LogP contribution in [0.5, 0.6) is 11.6 Å². The Morgan fingerprint density at radius 2 is 1.60 bits per heavy atom. The second kappa shape index (κ2) is 11.5. The van der Waals surface area contributed by atoms with E-state index in [1.807, 2.05) is 52.0 Å². The SMILES string of the molecule is COc1ccc([C@H]2C[C@@H]2COc2cc(N(Cc3ccc(C)nc3C)Cc3ccc(C)nc3C)c(=O)n(C)n2)nc1. The van der Waals surface area contributed by atoms with Crippen molar-refractivity contribution in [2.24, 2.45) is 13.0 Å². The van der Waals surface area contributed by atoms with Crippen molar-refractivity contribution < 1.29 is 9.47 Å². The van der Waals surface area contributed by atoms with Crippen LogP contribution in [0.25, 0.3) is 0 Å². The largest absolute Gasteiger partial charge is 0.495 e. The Kier molecular flexibility index (Phi) is 7.82. The first-order valence-electron chi connectivity index (χ1n) is 13.5. The maximum absolute atomic E-state index is 13.4. The predicted molar refractivity (Wildman–Crippen MR) is 154 cm³/mol. The molecule has 0 aromatic carbocycles. The Morgan fingerprint density at radius 1 is 0.950 bits per heavy atom. The first-order chi connectivity index (χ1) is 19.2. The number of aryl methyl sites for hydroxylation is 5. The average Bonchev–Trinajstić information content (AvgIpc) is 3.71. The van der Waals surface area contributed by atoms with E-state index in [0.29, 0.717) is 43.1 Å². The van der Waals surface area contributed by atoms with E-state index >= 15 is 0 Å². The molecule has 208 valence electrons. The molecule has 1 aliphatic carbocycles. The molecule has 4 heterocycles. The fraction of sp³-hybridized carbons (Fsp3) is 0.387. The number of ether oxygens (including phenoxy) is 2. The fourth-order valence-electron chi connectivity index (χ4n) is 4.98.